The van der Waals surface area contributed by atoms with Crippen molar-refractivity contribution < 1.29 is 0 Å². The van der Waals surface area contributed by atoms with Gasteiger partial charge in [0.15, 0.2) is 0 Å². The molecular formula is C13H13BrN6. The third-order valence-electron chi connectivity index (χ3n) is 3.06. The normalized spacial score (nSPS) is 12.5. The number of fused-ring (bicyclic) bond motifs is 1. The monoisotopic (exact) mass is 332 g/mol. The van der Waals surface area contributed by atoms with E-state index < -0.39 is 0 Å². The second kappa shape index (κ2) is 5.09. The molecule has 0 spiro atoms. The third-order valence-corrected chi connectivity index (χ3v) is 3.56. The van der Waals surface area contributed by atoms with Crippen molar-refractivity contribution in [3.8, 4) is 0 Å². The molecule has 20 heavy (non-hydrogen) atoms. The number of rotatable bonds is 3. The molecule has 7 heteroatoms. The van der Waals surface area contributed by atoms with Crippen LogP contribution in [0.2, 0.25) is 0 Å². The maximum Gasteiger partial charge on any atom is 0.146 e. The lowest BCUT2D eigenvalue weighted by Crippen LogP contribution is -2.10. The number of pyridine rings is 1. The molecule has 0 saturated carbocycles. The van der Waals surface area contributed by atoms with Crippen LogP contribution in [0.15, 0.2) is 35.2 Å². The molecular weight excluding hydrogens is 320 g/mol. The number of hydrogen-bond donors (Lipinski definition) is 3. The van der Waals surface area contributed by atoms with E-state index in [1.165, 1.54) is 6.33 Å². The number of nitrogen functional groups attached to an aromatic ring is 1. The molecule has 1 atom stereocenters. The molecule has 0 radical (unpaired) electrons. The Bertz CT molecular complexity index is 735. The van der Waals surface area contributed by atoms with E-state index in [-0.39, 0.29) is 6.04 Å². The number of nitrogens with two attached hydrogens (primary N) is 1. The highest BCUT2D eigenvalue weighted by atomic mass is 79.9. The third kappa shape index (κ3) is 2.32. The van der Waals surface area contributed by atoms with Gasteiger partial charge in [-0.2, -0.15) is 5.10 Å². The molecule has 0 aliphatic rings. The first-order valence-corrected chi connectivity index (χ1v) is 6.90. The number of nitrogens with zero attached hydrogens (tertiary/aromatic N) is 3. The summed E-state index contributed by atoms with van der Waals surface area (Å²) in [5.41, 5.74) is 8.38. The summed E-state index contributed by atoms with van der Waals surface area (Å²) in [7, 11) is 0. The standard InChI is InChI=1S/C13H13BrN6/c1-7(13-17-6-18-20-13)19-12-9-4-8(14)2-3-11(9)16-5-10(12)15/h2-7H,15H2,1H3,(H,16,19)(H,17,18,20). The number of aromatic nitrogens is 4. The molecule has 6 nitrogen and oxygen atoms in total. The molecule has 0 fully saturated rings. The van der Waals surface area contributed by atoms with Gasteiger partial charge in [0.05, 0.1) is 29.1 Å². The van der Waals surface area contributed by atoms with E-state index in [1.807, 2.05) is 25.1 Å². The van der Waals surface area contributed by atoms with Gasteiger partial charge in [-0.25, -0.2) is 4.98 Å². The van der Waals surface area contributed by atoms with E-state index in [9.17, 15) is 0 Å². The van der Waals surface area contributed by atoms with Crippen LogP contribution in [-0.4, -0.2) is 20.2 Å². The summed E-state index contributed by atoms with van der Waals surface area (Å²) in [6.45, 7) is 1.99. The van der Waals surface area contributed by atoms with Crippen molar-refractivity contribution in [1.29, 1.82) is 0 Å². The molecule has 3 rings (SSSR count). The zero-order chi connectivity index (χ0) is 14.1. The summed E-state index contributed by atoms with van der Waals surface area (Å²) in [4.78, 5) is 8.48. The number of hydrogen-bond acceptors (Lipinski definition) is 5. The van der Waals surface area contributed by atoms with E-state index >= 15 is 0 Å². The quantitative estimate of drug-likeness (QED) is 0.685. The van der Waals surface area contributed by atoms with Crippen molar-refractivity contribution in [1.82, 2.24) is 20.2 Å². The molecule has 1 unspecified atom stereocenters. The van der Waals surface area contributed by atoms with Gasteiger partial charge in [-0.15, -0.1) is 0 Å². The van der Waals surface area contributed by atoms with Crippen LogP contribution in [0.25, 0.3) is 10.9 Å². The van der Waals surface area contributed by atoms with E-state index in [2.05, 4.69) is 41.4 Å². The highest BCUT2D eigenvalue weighted by Gasteiger charge is 2.13. The molecule has 0 amide bonds. The molecule has 3 aromatic rings. The topological polar surface area (TPSA) is 92.5 Å². The first kappa shape index (κ1) is 12.9. The van der Waals surface area contributed by atoms with Crippen LogP contribution in [-0.2, 0) is 0 Å². The van der Waals surface area contributed by atoms with E-state index in [1.54, 1.807) is 6.20 Å². The second-order valence-corrected chi connectivity index (χ2v) is 5.40. The second-order valence-electron chi connectivity index (χ2n) is 4.49. The largest absolute Gasteiger partial charge is 0.396 e. The minimum atomic E-state index is -0.0376. The Hall–Kier alpha value is -2.15. The molecule has 102 valence electrons. The summed E-state index contributed by atoms with van der Waals surface area (Å²) in [6.07, 6.45) is 3.14. The number of anilines is 2. The molecule has 0 aliphatic carbocycles. The maximum atomic E-state index is 6.05. The van der Waals surface area contributed by atoms with Crippen LogP contribution < -0.4 is 11.1 Å². The van der Waals surface area contributed by atoms with E-state index in [0.717, 1.165) is 26.9 Å². The fraction of sp³-hybridized carbons (Fsp3) is 0.154. The molecule has 0 aliphatic heterocycles. The number of halogens is 1. The van der Waals surface area contributed by atoms with Gasteiger partial charge in [0.1, 0.15) is 12.2 Å². The van der Waals surface area contributed by atoms with Crippen LogP contribution in [0.3, 0.4) is 0 Å². The molecule has 2 aromatic heterocycles. The average Bonchev–Trinajstić information content (AvgIpc) is 2.96. The summed E-state index contributed by atoms with van der Waals surface area (Å²) < 4.78 is 0.979. The number of benzene rings is 1. The molecule has 1 aromatic carbocycles. The Morgan fingerprint density at radius 3 is 2.95 bits per heavy atom. The van der Waals surface area contributed by atoms with Gasteiger partial charge in [0.25, 0.3) is 0 Å². The van der Waals surface area contributed by atoms with Gasteiger partial charge >= 0.3 is 0 Å². The zero-order valence-electron chi connectivity index (χ0n) is 10.8. The van der Waals surface area contributed by atoms with Gasteiger partial charge in [0, 0.05) is 9.86 Å². The first-order valence-electron chi connectivity index (χ1n) is 6.10. The Balaban J connectivity index is 2.06. The van der Waals surface area contributed by atoms with Gasteiger partial charge in [0.2, 0.25) is 0 Å². The van der Waals surface area contributed by atoms with Crippen LogP contribution in [0.5, 0.6) is 0 Å². The van der Waals surface area contributed by atoms with Crippen LogP contribution in [0, 0.1) is 0 Å². The Morgan fingerprint density at radius 1 is 1.35 bits per heavy atom. The predicted molar refractivity (Wildman–Crippen MR) is 82.3 cm³/mol. The van der Waals surface area contributed by atoms with E-state index in [0.29, 0.717) is 5.69 Å². The number of H-pyrrole nitrogens is 1. The Morgan fingerprint density at radius 2 is 2.20 bits per heavy atom. The van der Waals surface area contributed by atoms with Crippen molar-refractivity contribution >= 4 is 38.2 Å². The zero-order valence-corrected chi connectivity index (χ0v) is 12.3. The number of nitrogens with one attached hydrogen (secondary N) is 2. The van der Waals surface area contributed by atoms with Crippen molar-refractivity contribution in [3.63, 3.8) is 0 Å². The van der Waals surface area contributed by atoms with Crippen LogP contribution in [0.4, 0.5) is 11.4 Å². The van der Waals surface area contributed by atoms with Crippen molar-refractivity contribution in [2.24, 2.45) is 0 Å². The molecule has 4 N–H and O–H groups in total. The smallest absolute Gasteiger partial charge is 0.146 e. The Kier molecular flexibility index (Phi) is 3.27. The SMILES string of the molecule is CC(Nc1c(N)cnc2ccc(Br)cc12)c1ncn[nH]1. The highest BCUT2D eigenvalue weighted by molar-refractivity contribution is 9.10. The minimum absolute atomic E-state index is 0.0376. The molecule has 0 bridgehead atoms. The lowest BCUT2D eigenvalue weighted by atomic mass is 10.1. The summed E-state index contributed by atoms with van der Waals surface area (Å²) >= 11 is 3.47. The fourth-order valence-corrected chi connectivity index (χ4v) is 2.41. The van der Waals surface area contributed by atoms with Crippen molar-refractivity contribution in [2.75, 3.05) is 11.1 Å². The van der Waals surface area contributed by atoms with Crippen molar-refractivity contribution in [3.05, 3.63) is 41.0 Å². The average molecular weight is 333 g/mol. The van der Waals surface area contributed by atoms with Gasteiger partial charge in [-0.1, -0.05) is 15.9 Å². The van der Waals surface area contributed by atoms with Crippen LogP contribution in [0.1, 0.15) is 18.8 Å². The van der Waals surface area contributed by atoms with Gasteiger partial charge < -0.3 is 11.1 Å². The first-order chi connectivity index (χ1) is 9.65. The lowest BCUT2D eigenvalue weighted by Gasteiger charge is -2.16. The maximum absolute atomic E-state index is 6.05. The molecule has 0 saturated heterocycles. The lowest BCUT2D eigenvalue weighted by molar-refractivity contribution is 0.797. The summed E-state index contributed by atoms with van der Waals surface area (Å²) in [6, 6.07) is 5.86. The summed E-state index contributed by atoms with van der Waals surface area (Å²) in [5.74, 6) is 0.754. The number of aromatic amines is 1. The van der Waals surface area contributed by atoms with E-state index in [4.69, 9.17) is 5.73 Å². The molecule has 2 heterocycles. The van der Waals surface area contributed by atoms with Crippen LogP contribution >= 0.6 is 15.9 Å². The van der Waals surface area contributed by atoms with Crippen molar-refractivity contribution in [2.45, 2.75) is 13.0 Å². The fourth-order valence-electron chi connectivity index (χ4n) is 2.05. The predicted octanol–water partition coefficient (Wildman–Crippen LogP) is 2.87. The summed E-state index contributed by atoms with van der Waals surface area (Å²) in [5, 5.41) is 11.0. The van der Waals surface area contributed by atoms with Gasteiger partial charge in [-0.05, 0) is 25.1 Å². The van der Waals surface area contributed by atoms with Gasteiger partial charge in [-0.3, -0.25) is 10.1 Å². The minimum Gasteiger partial charge on any atom is -0.396 e. The highest BCUT2D eigenvalue weighted by Crippen LogP contribution is 2.32. The Labute approximate surface area is 123 Å².